The van der Waals surface area contributed by atoms with E-state index in [9.17, 15) is 4.21 Å². The summed E-state index contributed by atoms with van der Waals surface area (Å²) < 4.78 is 23.9. The molecule has 0 amide bonds. The average Bonchev–Trinajstić information content (AvgIpc) is 2.75. The van der Waals surface area contributed by atoms with Gasteiger partial charge in [-0.2, -0.15) is 0 Å². The normalized spacial score (nSPS) is 12.6. The maximum Gasteiger partial charge on any atom is 0.153 e. The van der Waals surface area contributed by atoms with E-state index in [1.807, 2.05) is 30.3 Å². The van der Waals surface area contributed by atoms with Crippen molar-refractivity contribution >= 4 is 11.1 Å². The minimum Gasteiger partial charge on any atom is -0.306 e. The number of rotatable bonds is 4. The third kappa shape index (κ3) is 2.53. The van der Waals surface area contributed by atoms with E-state index in [-0.39, 0.29) is 5.75 Å². The molecule has 0 aliphatic carbocycles. The molecule has 0 aliphatic heterocycles. The van der Waals surface area contributed by atoms with Gasteiger partial charge in [0.25, 0.3) is 0 Å². The Balaban J connectivity index is 2.23. The molecular formula is C10H10N2O3S. The number of hydrogen-bond donors (Lipinski definition) is 1. The first-order chi connectivity index (χ1) is 7.77. The summed E-state index contributed by atoms with van der Waals surface area (Å²) in [6, 6.07) is 9.45. The standard InChI is InChI=1S/C10H10N2O3S/c13-16(14)7-6-9-10(12-15-11-9)8-4-2-1-3-5-8/h1-5H,6-7H2,(H,13,14). The van der Waals surface area contributed by atoms with E-state index in [0.29, 0.717) is 17.8 Å². The summed E-state index contributed by atoms with van der Waals surface area (Å²) in [7, 11) is 0. The molecule has 1 aromatic carbocycles. The Bertz CT molecular complexity index is 484. The van der Waals surface area contributed by atoms with Gasteiger partial charge in [0.2, 0.25) is 0 Å². The van der Waals surface area contributed by atoms with Gasteiger partial charge in [0, 0.05) is 12.0 Å². The Morgan fingerprint density at radius 1 is 1.25 bits per heavy atom. The first-order valence-corrected chi connectivity index (χ1v) is 5.99. The Morgan fingerprint density at radius 2 is 2.00 bits per heavy atom. The first-order valence-electron chi connectivity index (χ1n) is 4.71. The van der Waals surface area contributed by atoms with E-state index in [1.165, 1.54) is 0 Å². The van der Waals surface area contributed by atoms with Crippen LogP contribution in [0.2, 0.25) is 0 Å². The fourth-order valence-corrected chi connectivity index (χ4v) is 1.74. The van der Waals surface area contributed by atoms with E-state index >= 15 is 0 Å². The van der Waals surface area contributed by atoms with Crippen LogP contribution in [0.15, 0.2) is 35.0 Å². The van der Waals surface area contributed by atoms with Crippen molar-refractivity contribution in [2.24, 2.45) is 0 Å². The minimum absolute atomic E-state index is 0.133. The SMILES string of the molecule is O=S(O)CCc1nonc1-c1ccccc1. The Kier molecular flexibility index (Phi) is 3.43. The molecule has 0 saturated carbocycles. The molecule has 16 heavy (non-hydrogen) atoms. The molecular weight excluding hydrogens is 228 g/mol. The highest BCUT2D eigenvalue weighted by atomic mass is 32.2. The van der Waals surface area contributed by atoms with Gasteiger partial charge in [0.15, 0.2) is 11.1 Å². The van der Waals surface area contributed by atoms with Gasteiger partial charge in [0.05, 0.1) is 5.75 Å². The Labute approximate surface area is 94.7 Å². The summed E-state index contributed by atoms with van der Waals surface area (Å²) in [4.78, 5) is 0. The van der Waals surface area contributed by atoms with Crippen LogP contribution in [0.25, 0.3) is 11.3 Å². The Morgan fingerprint density at radius 3 is 2.69 bits per heavy atom. The van der Waals surface area contributed by atoms with Crippen molar-refractivity contribution in [1.29, 1.82) is 0 Å². The maximum atomic E-state index is 10.6. The smallest absolute Gasteiger partial charge is 0.153 e. The predicted molar refractivity (Wildman–Crippen MR) is 59.1 cm³/mol. The summed E-state index contributed by atoms with van der Waals surface area (Å²) in [5.74, 6) is 0.133. The molecule has 1 aromatic heterocycles. The maximum absolute atomic E-state index is 10.6. The van der Waals surface area contributed by atoms with Gasteiger partial charge in [-0.1, -0.05) is 35.5 Å². The van der Waals surface area contributed by atoms with Gasteiger partial charge in [-0.05, 0) is 5.16 Å². The molecule has 0 radical (unpaired) electrons. The molecule has 0 bridgehead atoms. The zero-order valence-electron chi connectivity index (χ0n) is 8.37. The fraction of sp³-hybridized carbons (Fsp3) is 0.200. The second-order valence-corrected chi connectivity index (χ2v) is 4.25. The third-order valence-electron chi connectivity index (χ3n) is 2.12. The van der Waals surface area contributed by atoms with Gasteiger partial charge in [0.1, 0.15) is 11.4 Å². The number of benzene rings is 1. The van der Waals surface area contributed by atoms with Gasteiger partial charge >= 0.3 is 0 Å². The number of nitrogens with zero attached hydrogens (tertiary/aromatic N) is 2. The molecule has 1 atom stereocenters. The van der Waals surface area contributed by atoms with Crippen molar-refractivity contribution in [1.82, 2.24) is 10.3 Å². The van der Waals surface area contributed by atoms with Gasteiger partial charge in [-0.25, -0.2) is 8.84 Å². The van der Waals surface area contributed by atoms with E-state index in [2.05, 4.69) is 14.9 Å². The second kappa shape index (κ2) is 5.00. The van der Waals surface area contributed by atoms with Crippen molar-refractivity contribution in [2.75, 3.05) is 5.75 Å². The summed E-state index contributed by atoms with van der Waals surface area (Å²) >= 11 is -1.82. The first kappa shape index (κ1) is 11.0. The van der Waals surface area contributed by atoms with Gasteiger partial charge in [-0.3, -0.25) is 0 Å². The lowest BCUT2D eigenvalue weighted by Gasteiger charge is -1.97. The molecule has 1 heterocycles. The summed E-state index contributed by atoms with van der Waals surface area (Å²) in [5, 5.41) is 7.53. The minimum atomic E-state index is -1.82. The van der Waals surface area contributed by atoms with Crippen LogP contribution in [0.5, 0.6) is 0 Å². The molecule has 2 aromatic rings. The van der Waals surface area contributed by atoms with Gasteiger partial charge < -0.3 is 4.55 Å². The molecule has 1 N–H and O–H groups in total. The van der Waals surface area contributed by atoms with E-state index in [1.54, 1.807) is 0 Å². The van der Waals surface area contributed by atoms with Gasteiger partial charge in [-0.15, -0.1) is 0 Å². The van der Waals surface area contributed by atoms with Crippen molar-refractivity contribution in [3.05, 3.63) is 36.0 Å². The second-order valence-electron chi connectivity index (χ2n) is 3.20. The molecule has 0 saturated heterocycles. The predicted octanol–water partition coefficient (Wildman–Crippen LogP) is 1.50. The average molecular weight is 238 g/mol. The highest BCUT2D eigenvalue weighted by molar-refractivity contribution is 7.79. The fourth-order valence-electron chi connectivity index (χ4n) is 1.37. The highest BCUT2D eigenvalue weighted by Crippen LogP contribution is 2.20. The lowest BCUT2D eigenvalue weighted by molar-refractivity contribution is 0.304. The molecule has 0 aliphatic rings. The van der Waals surface area contributed by atoms with Crippen LogP contribution in [-0.4, -0.2) is 24.8 Å². The molecule has 6 heteroatoms. The summed E-state index contributed by atoms with van der Waals surface area (Å²) in [5.41, 5.74) is 2.13. The highest BCUT2D eigenvalue weighted by Gasteiger charge is 2.12. The summed E-state index contributed by atoms with van der Waals surface area (Å²) in [6.07, 6.45) is 0.372. The molecule has 84 valence electrons. The van der Waals surface area contributed by atoms with E-state index in [0.717, 1.165) is 5.56 Å². The van der Waals surface area contributed by atoms with Crippen LogP contribution >= 0.6 is 0 Å². The van der Waals surface area contributed by atoms with Crippen LogP contribution in [0.1, 0.15) is 5.69 Å². The van der Waals surface area contributed by atoms with Crippen LogP contribution in [0.4, 0.5) is 0 Å². The third-order valence-corrected chi connectivity index (χ3v) is 2.67. The number of aromatic nitrogens is 2. The van der Waals surface area contributed by atoms with E-state index in [4.69, 9.17) is 4.55 Å². The van der Waals surface area contributed by atoms with Crippen molar-refractivity contribution in [3.63, 3.8) is 0 Å². The number of hydrogen-bond acceptors (Lipinski definition) is 4. The monoisotopic (exact) mass is 238 g/mol. The Hall–Kier alpha value is -1.53. The van der Waals surface area contributed by atoms with Crippen LogP contribution < -0.4 is 0 Å². The largest absolute Gasteiger partial charge is 0.306 e. The quantitative estimate of drug-likeness (QED) is 0.817. The zero-order valence-corrected chi connectivity index (χ0v) is 9.18. The molecule has 2 rings (SSSR count). The zero-order chi connectivity index (χ0) is 11.4. The number of aryl methyl sites for hydroxylation is 1. The van der Waals surface area contributed by atoms with Crippen LogP contribution in [0.3, 0.4) is 0 Å². The topological polar surface area (TPSA) is 76.2 Å². The van der Waals surface area contributed by atoms with Crippen molar-refractivity contribution in [2.45, 2.75) is 6.42 Å². The lowest BCUT2D eigenvalue weighted by atomic mass is 10.1. The van der Waals surface area contributed by atoms with Crippen LogP contribution in [-0.2, 0) is 17.5 Å². The summed E-state index contributed by atoms with van der Waals surface area (Å²) in [6.45, 7) is 0. The molecule has 0 spiro atoms. The van der Waals surface area contributed by atoms with Crippen molar-refractivity contribution in [3.8, 4) is 11.3 Å². The van der Waals surface area contributed by atoms with Crippen molar-refractivity contribution < 1.29 is 13.4 Å². The molecule has 1 unspecified atom stereocenters. The van der Waals surface area contributed by atoms with E-state index < -0.39 is 11.1 Å². The van der Waals surface area contributed by atoms with Crippen LogP contribution in [0, 0.1) is 0 Å². The molecule has 5 nitrogen and oxygen atoms in total. The molecule has 0 fully saturated rings. The lowest BCUT2D eigenvalue weighted by Crippen LogP contribution is -2.00.